The van der Waals surface area contributed by atoms with Gasteiger partial charge in [-0.2, -0.15) is 0 Å². The second kappa shape index (κ2) is 1.44. The van der Waals surface area contributed by atoms with Crippen LogP contribution < -0.4 is 42.4 Å². The molecule has 2 saturated heterocycles. The molecule has 4 heterocycles. The van der Waals surface area contributed by atoms with Crippen LogP contribution in [0.15, 0.2) is 9.15 Å². The minimum absolute atomic E-state index is 0.643. The van der Waals surface area contributed by atoms with Crippen molar-refractivity contribution < 1.29 is 42.4 Å². The van der Waals surface area contributed by atoms with Crippen molar-refractivity contribution in [2.75, 3.05) is 8.86 Å². The maximum absolute atomic E-state index is 2.04. The van der Waals surface area contributed by atoms with E-state index in [9.17, 15) is 0 Å². The van der Waals surface area contributed by atoms with Crippen LogP contribution >= 0.6 is 0 Å². The monoisotopic (exact) mass is 332 g/mol. The van der Waals surface area contributed by atoms with Crippen molar-refractivity contribution in [2.24, 2.45) is 5.92 Å². The molecule has 46 valence electrons. The summed E-state index contributed by atoms with van der Waals surface area (Å²) in [6, 6.07) is 0. The molecule has 0 N–H and O–H groups in total. The topological polar surface area (TPSA) is 0 Å². The van der Waals surface area contributed by atoms with Gasteiger partial charge in [-0.15, -0.1) is 0 Å². The average molecular weight is 332 g/mol. The van der Waals surface area contributed by atoms with Gasteiger partial charge in [-0.25, -0.2) is 0 Å². The van der Waals surface area contributed by atoms with Crippen molar-refractivity contribution in [3.8, 4) is 0 Å². The van der Waals surface area contributed by atoms with E-state index in [0.717, 1.165) is 0 Å². The van der Waals surface area contributed by atoms with Crippen molar-refractivity contribution in [3.63, 3.8) is 0 Å². The first kappa shape index (κ1) is 4.93. The Morgan fingerprint density at radius 2 is 2.50 bits per heavy atom. The summed E-state index contributed by atoms with van der Waals surface area (Å²) in [5.74, 6) is 1.21. The van der Waals surface area contributed by atoms with Gasteiger partial charge in [-0.05, 0) is 0 Å². The zero-order chi connectivity index (χ0) is 5.14. The SMILES string of the molecule is C1[I-]C2C3=C1[C@H]2C[I-]3. The quantitative estimate of drug-likeness (QED) is 0.307. The molecule has 4 aliphatic heterocycles. The summed E-state index contributed by atoms with van der Waals surface area (Å²) in [5.41, 5.74) is 1.98. The normalized spacial score (nSPS) is 50.0. The Labute approximate surface area is 69.6 Å². The van der Waals surface area contributed by atoms with Crippen LogP contribution in [-0.4, -0.2) is 12.8 Å². The van der Waals surface area contributed by atoms with Crippen molar-refractivity contribution in [2.45, 2.75) is 3.92 Å². The fourth-order valence-electron chi connectivity index (χ4n) is 1.61. The standard InChI is InChI=1S/C6H6I2/c1-3-4-2-8-5(3)6(4)7-1/h3,5H,1-2H2/q-2/t3-,5?/m1/s1. The van der Waals surface area contributed by atoms with E-state index in [1.165, 1.54) is 9.84 Å². The number of halogens is 2. The van der Waals surface area contributed by atoms with Gasteiger partial charge in [0.2, 0.25) is 0 Å². The van der Waals surface area contributed by atoms with Gasteiger partial charge in [0, 0.05) is 0 Å². The number of hydrogen-bond donors (Lipinski definition) is 0. The van der Waals surface area contributed by atoms with Crippen LogP contribution in [0.3, 0.4) is 0 Å². The zero-order valence-electron chi connectivity index (χ0n) is 4.32. The third-order valence-corrected chi connectivity index (χ3v) is 10.6. The zero-order valence-corrected chi connectivity index (χ0v) is 8.64. The van der Waals surface area contributed by atoms with E-state index in [1.54, 1.807) is 8.86 Å². The van der Waals surface area contributed by atoms with E-state index in [2.05, 4.69) is 0 Å². The van der Waals surface area contributed by atoms with Crippen LogP contribution in [0.5, 0.6) is 0 Å². The molecule has 0 aromatic carbocycles. The second-order valence-corrected chi connectivity index (χ2v) is 8.25. The molecular weight excluding hydrogens is 326 g/mol. The minimum atomic E-state index is 0.643. The molecule has 0 spiro atoms. The number of alkyl halides is 3. The van der Waals surface area contributed by atoms with Crippen LogP contribution in [0.1, 0.15) is 0 Å². The molecule has 4 bridgehead atoms. The van der Waals surface area contributed by atoms with E-state index >= 15 is 0 Å². The molecule has 2 heteroatoms. The van der Waals surface area contributed by atoms with Gasteiger partial charge in [-0.3, -0.25) is 0 Å². The Bertz CT molecular complexity index is 163. The molecule has 2 fully saturated rings. The van der Waals surface area contributed by atoms with Crippen molar-refractivity contribution in [1.29, 1.82) is 0 Å². The molecule has 2 atom stereocenters. The number of fused-ring (bicyclic) bond motifs is 2. The molecule has 0 nitrogen and oxygen atoms in total. The number of hydrogen-bond acceptors (Lipinski definition) is 0. The first-order valence-electron chi connectivity index (χ1n) is 2.86. The van der Waals surface area contributed by atoms with E-state index in [1.807, 2.05) is 9.15 Å². The summed E-state index contributed by atoms with van der Waals surface area (Å²) in [5, 5.41) is 0. The van der Waals surface area contributed by atoms with Gasteiger partial charge in [0.1, 0.15) is 0 Å². The Balaban J connectivity index is 2.23. The molecule has 0 saturated carbocycles. The fraction of sp³-hybridized carbons (Fsp3) is 0.667. The Hall–Kier alpha value is 1.20. The molecular formula is C6H6I2-2. The van der Waals surface area contributed by atoms with Crippen LogP contribution in [0.2, 0.25) is 0 Å². The van der Waals surface area contributed by atoms with Crippen LogP contribution in [0.4, 0.5) is 0 Å². The van der Waals surface area contributed by atoms with E-state index in [-0.39, 0.29) is 0 Å². The van der Waals surface area contributed by atoms with Crippen LogP contribution in [0.25, 0.3) is 0 Å². The number of allylic oxidation sites excluding steroid dienone is 2. The van der Waals surface area contributed by atoms with Crippen LogP contribution in [-0.2, 0) is 0 Å². The van der Waals surface area contributed by atoms with E-state index in [4.69, 9.17) is 0 Å². The second-order valence-electron chi connectivity index (χ2n) is 2.46. The molecule has 1 unspecified atom stereocenters. The Morgan fingerprint density at radius 3 is 2.88 bits per heavy atom. The molecule has 0 amide bonds. The molecule has 1 aliphatic carbocycles. The van der Waals surface area contributed by atoms with Gasteiger partial charge in [-0.1, -0.05) is 0 Å². The van der Waals surface area contributed by atoms with Crippen molar-refractivity contribution in [3.05, 3.63) is 9.15 Å². The molecule has 0 aromatic rings. The van der Waals surface area contributed by atoms with Gasteiger partial charge in [0.25, 0.3) is 0 Å². The van der Waals surface area contributed by atoms with E-state index < -0.39 is 0 Å². The Kier molecular flexibility index (Phi) is 0.886. The van der Waals surface area contributed by atoms with Crippen LogP contribution in [0, 0.1) is 5.92 Å². The molecule has 5 aliphatic rings. The van der Waals surface area contributed by atoms with Crippen molar-refractivity contribution in [1.82, 2.24) is 0 Å². The molecule has 0 radical (unpaired) electrons. The fourth-order valence-corrected chi connectivity index (χ4v) is 13.5. The summed E-state index contributed by atoms with van der Waals surface area (Å²) in [6.07, 6.45) is 0. The van der Waals surface area contributed by atoms with Gasteiger partial charge < -0.3 is 0 Å². The molecule has 0 aromatic heterocycles. The summed E-state index contributed by atoms with van der Waals surface area (Å²) in [6.45, 7) is 0. The van der Waals surface area contributed by atoms with Crippen molar-refractivity contribution >= 4 is 0 Å². The van der Waals surface area contributed by atoms with Gasteiger partial charge in [0.15, 0.2) is 0 Å². The first-order chi connectivity index (χ1) is 3.97. The summed E-state index contributed by atoms with van der Waals surface area (Å²) in [4.78, 5) is 0. The van der Waals surface area contributed by atoms with E-state index in [0.29, 0.717) is 42.4 Å². The number of rotatable bonds is 0. The molecule has 8 heavy (non-hydrogen) atoms. The summed E-state index contributed by atoms with van der Waals surface area (Å²) in [7, 11) is 0. The molecule has 5 rings (SSSR count). The van der Waals surface area contributed by atoms with Gasteiger partial charge >= 0.3 is 70.3 Å². The summed E-state index contributed by atoms with van der Waals surface area (Å²) >= 11 is 1.33. The third kappa shape index (κ3) is 0.374. The van der Waals surface area contributed by atoms with Gasteiger partial charge in [0.05, 0.1) is 0 Å². The maximum atomic E-state index is 2.04. The predicted molar refractivity (Wildman–Crippen MR) is 24.0 cm³/mol. The predicted octanol–water partition coefficient (Wildman–Crippen LogP) is -5.56. The third-order valence-electron chi connectivity index (χ3n) is 2.12. The average Bonchev–Trinajstić information content (AvgIpc) is 2.39. The Morgan fingerprint density at radius 1 is 1.50 bits per heavy atom. The summed E-state index contributed by atoms with van der Waals surface area (Å²) < 4.78 is 6.59. The first-order valence-corrected chi connectivity index (χ1v) is 8.24.